The predicted molar refractivity (Wildman–Crippen MR) is 61.6 cm³/mol. The van der Waals surface area contributed by atoms with Crippen molar-refractivity contribution in [2.24, 2.45) is 7.05 Å². The van der Waals surface area contributed by atoms with E-state index >= 15 is 0 Å². The molecular formula is C13H11F2NO2. The van der Waals surface area contributed by atoms with Crippen molar-refractivity contribution in [1.29, 1.82) is 0 Å². The lowest BCUT2D eigenvalue weighted by atomic mass is 10.2. The van der Waals surface area contributed by atoms with Crippen molar-refractivity contribution in [1.82, 2.24) is 4.57 Å². The predicted octanol–water partition coefficient (Wildman–Crippen LogP) is 2.57. The molecule has 0 saturated heterocycles. The van der Waals surface area contributed by atoms with Crippen molar-refractivity contribution in [2.45, 2.75) is 0 Å². The Morgan fingerprint density at radius 2 is 1.94 bits per heavy atom. The molecule has 0 saturated carbocycles. The van der Waals surface area contributed by atoms with Crippen LogP contribution in [0.4, 0.5) is 8.78 Å². The highest BCUT2D eigenvalue weighted by atomic mass is 19.1. The minimum atomic E-state index is -0.823. The summed E-state index contributed by atoms with van der Waals surface area (Å²) < 4.78 is 33.0. The van der Waals surface area contributed by atoms with Gasteiger partial charge in [0, 0.05) is 25.0 Å². The van der Waals surface area contributed by atoms with Gasteiger partial charge >= 0.3 is 0 Å². The van der Waals surface area contributed by atoms with E-state index in [1.54, 1.807) is 30.1 Å². The number of carbonyl (C=O) groups is 1. The molecule has 2 aromatic rings. The van der Waals surface area contributed by atoms with E-state index in [4.69, 9.17) is 4.74 Å². The van der Waals surface area contributed by atoms with Gasteiger partial charge in [-0.2, -0.15) is 0 Å². The third-order valence-electron chi connectivity index (χ3n) is 2.42. The number of benzene rings is 1. The third kappa shape index (κ3) is 2.56. The number of para-hydroxylation sites is 1. The number of carbonyl (C=O) groups excluding carboxylic acids is 1. The van der Waals surface area contributed by atoms with E-state index in [1.165, 1.54) is 6.07 Å². The quantitative estimate of drug-likeness (QED) is 0.782. The van der Waals surface area contributed by atoms with Crippen molar-refractivity contribution in [3.05, 3.63) is 53.9 Å². The fourth-order valence-corrected chi connectivity index (χ4v) is 1.51. The fourth-order valence-electron chi connectivity index (χ4n) is 1.51. The van der Waals surface area contributed by atoms with Gasteiger partial charge in [0.1, 0.15) is 0 Å². The molecule has 0 amide bonds. The van der Waals surface area contributed by atoms with E-state index in [2.05, 4.69) is 0 Å². The Hall–Kier alpha value is -2.17. The van der Waals surface area contributed by atoms with E-state index in [0.717, 1.165) is 12.1 Å². The molecule has 0 N–H and O–H groups in total. The Bertz CT molecular complexity index is 558. The minimum Gasteiger partial charge on any atom is -0.479 e. The zero-order valence-corrected chi connectivity index (χ0v) is 9.69. The summed E-state index contributed by atoms with van der Waals surface area (Å²) in [5, 5.41) is 0. The first-order valence-corrected chi connectivity index (χ1v) is 5.30. The number of ketones is 1. The van der Waals surface area contributed by atoms with Crippen LogP contribution in [0.2, 0.25) is 0 Å². The number of ether oxygens (including phenoxy) is 1. The molecule has 0 aliphatic heterocycles. The first-order chi connectivity index (χ1) is 8.58. The molecule has 0 aliphatic rings. The van der Waals surface area contributed by atoms with Crippen molar-refractivity contribution in [3.63, 3.8) is 0 Å². The molecule has 0 bridgehead atoms. The number of rotatable bonds is 4. The normalized spacial score (nSPS) is 10.4. The number of halogens is 2. The van der Waals surface area contributed by atoms with Gasteiger partial charge < -0.3 is 9.30 Å². The fraction of sp³-hybridized carbons (Fsp3) is 0.154. The molecule has 0 aliphatic carbocycles. The highest BCUT2D eigenvalue weighted by Gasteiger charge is 2.13. The number of hydrogen-bond donors (Lipinski definition) is 0. The molecule has 0 radical (unpaired) electrons. The molecule has 1 aromatic carbocycles. The van der Waals surface area contributed by atoms with Crippen LogP contribution in [0.25, 0.3) is 0 Å². The average molecular weight is 251 g/mol. The standard InChI is InChI=1S/C13H11F2NO2/c1-16-6-5-9(7-16)12(17)8-18-13-10(14)3-2-4-11(13)15/h2-7H,8H2,1H3. The molecule has 0 unspecified atom stereocenters. The first kappa shape index (κ1) is 12.3. The van der Waals surface area contributed by atoms with Crippen LogP contribution < -0.4 is 4.74 Å². The van der Waals surface area contributed by atoms with Gasteiger partial charge in [-0.15, -0.1) is 0 Å². The second kappa shape index (κ2) is 5.00. The zero-order valence-electron chi connectivity index (χ0n) is 9.69. The van der Waals surface area contributed by atoms with Gasteiger partial charge in [-0.05, 0) is 18.2 Å². The summed E-state index contributed by atoms with van der Waals surface area (Å²) in [7, 11) is 1.77. The van der Waals surface area contributed by atoms with Crippen molar-refractivity contribution >= 4 is 5.78 Å². The zero-order chi connectivity index (χ0) is 13.1. The van der Waals surface area contributed by atoms with Crippen LogP contribution in [0.1, 0.15) is 10.4 Å². The Labute approximate surface area is 103 Å². The molecule has 5 heteroatoms. The number of hydrogen-bond acceptors (Lipinski definition) is 2. The second-order valence-corrected chi connectivity index (χ2v) is 3.83. The maximum atomic E-state index is 13.2. The summed E-state index contributed by atoms with van der Waals surface area (Å²) in [6.07, 6.45) is 3.32. The Balaban J connectivity index is 2.06. The van der Waals surface area contributed by atoms with Gasteiger partial charge in [0.2, 0.25) is 5.78 Å². The average Bonchev–Trinajstić information content (AvgIpc) is 2.75. The molecule has 1 heterocycles. The monoisotopic (exact) mass is 251 g/mol. The summed E-state index contributed by atoms with van der Waals surface area (Å²) in [6.45, 7) is -0.401. The lowest BCUT2D eigenvalue weighted by Crippen LogP contribution is -2.12. The lowest BCUT2D eigenvalue weighted by Gasteiger charge is -2.06. The van der Waals surface area contributed by atoms with E-state index in [9.17, 15) is 13.6 Å². The number of aryl methyl sites for hydroxylation is 1. The highest BCUT2D eigenvalue weighted by molar-refractivity contribution is 5.97. The van der Waals surface area contributed by atoms with E-state index < -0.39 is 24.0 Å². The van der Waals surface area contributed by atoms with Crippen LogP contribution in [0.15, 0.2) is 36.7 Å². The van der Waals surface area contributed by atoms with Gasteiger partial charge in [-0.1, -0.05) is 6.07 Å². The molecule has 0 fully saturated rings. The second-order valence-electron chi connectivity index (χ2n) is 3.83. The van der Waals surface area contributed by atoms with Gasteiger partial charge in [0.25, 0.3) is 0 Å². The summed E-state index contributed by atoms with van der Waals surface area (Å²) in [6, 6.07) is 5.00. The summed E-state index contributed by atoms with van der Waals surface area (Å²) in [5.74, 6) is -2.51. The van der Waals surface area contributed by atoms with Gasteiger partial charge in [0.05, 0.1) is 0 Å². The topological polar surface area (TPSA) is 31.2 Å². The summed E-state index contributed by atoms with van der Waals surface area (Å²) >= 11 is 0. The number of nitrogens with zero attached hydrogens (tertiary/aromatic N) is 1. The molecule has 0 spiro atoms. The Morgan fingerprint density at radius 3 is 2.50 bits per heavy atom. The van der Waals surface area contributed by atoms with Crippen LogP contribution >= 0.6 is 0 Å². The summed E-state index contributed by atoms with van der Waals surface area (Å²) in [4.78, 5) is 11.7. The molecule has 94 valence electrons. The Morgan fingerprint density at radius 1 is 1.28 bits per heavy atom. The smallest absolute Gasteiger partial charge is 0.201 e. The lowest BCUT2D eigenvalue weighted by molar-refractivity contribution is 0.0915. The van der Waals surface area contributed by atoms with Crippen LogP contribution in [0.5, 0.6) is 5.75 Å². The van der Waals surface area contributed by atoms with E-state index in [1.807, 2.05) is 0 Å². The van der Waals surface area contributed by atoms with Crippen molar-refractivity contribution < 1.29 is 18.3 Å². The van der Waals surface area contributed by atoms with E-state index in [-0.39, 0.29) is 5.78 Å². The number of aromatic nitrogens is 1. The molecule has 18 heavy (non-hydrogen) atoms. The molecule has 0 atom stereocenters. The minimum absolute atomic E-state index is 0.335. The Kier molecular flexibility index (Phi) is 3.41. The number of Topliss-reactive ketones (excluding diaryl/α,β-unsaturated/α-hetero) is 1. The third-order valence-corrected chi connectivity index (χ3v) is 2.42. The van der Waals surface area contributed by atoms with Crippen LogP contribution in [0.3, 0.4) is 0 Å². The van der Waals surface area contributed by atoms with Gasteiger partial charge in [-0.3, -0.25) is 4.79 Å². The van der Waals surface area contributed by atoms with Crippen LogP contribution in [-0.4, -0.2) is 17.0 Å². The van der Waals surface area contributed by atoms with E-state index in [0.29, 0.717) is 5.56 Å². The first-order valence-electron chi connectivity index (χ1n) is 5.30. The molecule has 1 aromatic heterocycles. The van der Waals surface area contributed by atoms with Gasteiger partial charge in [0.15, 0.2) is 24.0 Å². The molecule has 2 rings (SSSR count). The summed E-state index contributed by atoms with van der Waals surface area (Å²) in [5.41, 5.74) is 0.439. The maximum absolute atomic E-state index is 13.2. The largest absolute Gasteiger partial charge is 0.479 e. The maximum Gasteiger partial charge on any atom is 0.201 e. The van der Waals surface area contributed by atoms with Crippen molar-refractivity contribution in [2.75, 3.05) is 6.61 Å². The van der Waals surface area contributed by atoms with Gasteiger partial charge in [-0.25, -0.2) is 8.78 Å². The van der Waals surface area contributed by atoms with Crippen molar-refractivity contribution in [3.8, 4) is 5.75 Å². The molecular weight excluding hydrogens is 240 g/mol. The van der Waals surface area contributed by atoms with Crippen LogP contribution in [-0.2, 0) is 7.05 Å². The van der Waals surface area contributed by atoms with Crippen LogP contribution in [0, 0.1) is 11.6 Å². The molecule has 3 nitrogen and oxygen atoms in total. The highest BCUT2D eigenvalue weighted by Crippen LogP contribution is 2.20. The SMILES string of the molecule is Cn1ccc(C(=O)COc2c(F)cccc2F)c1.